The summed E-state index contributed by atoms with van der Waals surface area (Å²) in [4.78, 5) is 11.5. The van der Waals surface area contributed by atoms with Crippen molar-refractivity contribution in [1.29, 1.82) is 0 Å². The van der Waals surface area contributed by atoms with Crippen molar-refractivity contribution in [3.8, 4) is 0 Å². The first-order chi connectivity index (χ1) is 7.76. The Morgan fingerprint density at radius 3 is 2.06 bits per heavy atom. The summed E-state index contributed by atoms with van der Waals surface area (Å²) in [5, 5.41) is 0. The van der Waals surface area contributed by atoms with E-state index in [0.29, 0.717) is 6.61 Å². The van der Waals surface area contributed by atoms with Gasteiger partial charge in [0, 0.05) is 0 Å². The Morgan fingerprint density at radius 1 is 1.00 bits per heavy atom. The molecule has 16 heavy (non-hydrogen) atoms. The van der Waals surface area contributed by atoms with Crippen molar-refractivity contribution >= 4 is 5.97 Å². The first-order valence-corrected chi connectivity index (χ1v) is 6.92. The monoisotopic (exact) mass is 230 g/mol. The van der Waals surface area contributed by atoms with Crippen molar-refractivity contribution in [1.82, 2.24) is 0 Å². The molecule has 0 N–H and O–H groups in total. The molecule has 0 aromatic heterocycles. The molecule has 0 aromatic carbocycles. The highest BCUT2D eigenvalue weighted by Crippen LogP contribution is 2.17. The van der Waals surface area contributed by atoms with E-state index < -0.39 is 0 Å². The molecule has 0 saturated carbocycles. The lowest BCUT2D eigenvalue weighted by atomic mass is 9.97. The third kappa shape index (κ3) is 10.0. The van der Waals surface area contributed by atoms with Crippen molar-refractivity contribution in [2.45, 2.75) is 73.1 Å². The molecule has 98 valence electrons. The van der Waals surface area contributed by atoms with Crippen LogP contribution in [0.4, 0.5) is 0 Å². The van der Waals surface area contributed by atoms with Crippen molar-refractivity contribution in [2.24, 2.45) is 5.92 Å². The minimum absolute atomic E-state index is 0.00505. The second kappa shape index (κ2) is 14.5. The number of unbranched alkanes of at least 4 members (excludes halogenated alkanes) is 2. The van der Waals surface area contributed by atoms with Gasteiger partial charge in [-0.1, -0.05) is 53.4 Å². The fourth-order valence-electron chi connectivity index (χ4n) is 1.63. The SMILES string of the molecule is CC.CCCCCC(CCC)C(=O)OCC. The molecule has 0 bridgehead atoms. The second-order valence-corrected chi connectivity index (χ2v) is 3.73. The van der Waals surface area contributed by atoms with Gasteiger partial charge in [0.25, 0.3) is 0 Å². The standard InChI is InChI=1S/C12H24O2.C2H6/c1-4-7-8-10-11(9-5-2)12(13)14-6-3;1-2/h11H,4-10H2,1-3H3;1-2H3. The molecule has 1 unspecified atom stereocenters. The van der Waals surface area contributed by atoms with Gasteiger partial charge in [-0.25, -0.2) is 0 Å². The fourth-order valence-corrected chi connectivity index (χ4v) is 1.63. The van der Waals surface area contributed by atoms with E-state index in [0.717, 1.165) is 25.7 Å². The van der Waals surface area contributed by atoms with E-state index >= 15 is 0 Å². The first kappa shape index (κ1) is 17.9. The zero-order chi connectivity index (χ0) is 12.8. The zero-order valence-electron chi connectivity index (χ0n) is 11.8. The average molecular weight is 230 g/mol. The van der Waals surface area contributed by atoms with Crippen LogP contribution in [0, 0.1) is 5.92 Å². The number of carbonyl (C=O) groups is 1. The molecule has 0 aliphatic carbocycles. The smallest absolute Gasteiger partial charge is 0.308 e. The van der Waals surface area contributed by atoms with Crippen molar-refractivity contribution in [3.63, 3.8) is 0 Å². The van der Waals surface area contributed by atoms with Crippen molar-refractivity contribution in [3.05, 3.63) is 0 Å². The summed E-state index contributed by atoms with van der Waals surface area (Å²) >= 11 is 0. The van der Waals surface area contributed by atoms with E-state index in [1.807, 2.05) is 20.8 Å². The van der Waals surface area contributed by atoms with E-state index in [1.54, 1.807) is 0 Å². The summed E-state index contributed by atoms with van der Waals surface area (Å²) in [7, 11) is 0. The summed E-state index contributed by atoms with van der Waals surface area (Å²) in [6.45, 7) is 10.7. The van der Waals surface area contributed by atoms with E-state index in [2.05, 4.69) is 13.8 Å². The summed E-state index contributed by atoms with van der Waals surface area (Å²) in [6.07, 6.45) is 6.62. The van der Waals surface area contributed by atoms with Crippen LogP contribution in [0.15, 0.2) is 0 Å². The molecular weight excluding hydrogens is 200 g/mol. The number of hydrogen-bond acceptors (Lipinski definition) is 2. The predicted molar refractivity (Wildman–Crippen MR) is 70.5 cm³/mol. The van der Waals surface area contributed by atoms with Crippen LogP contribution in [0.1, 0.15) is 73.1 Å². The van der Waals surface area contributed by atoms with Crippen LogP contribution in [-0.4, -0.2) is 12.6 Å². The normalized spacial score (nSPS) is 11.3. The molecule has 0 saturated heterocycles. The van der Waals surface area contributed by atoms with Gasteiger partial charge in [0.05, 0.1) is 12.5 Å². The Labute approximate surface area is 102 Å². The van der Waals surface area contributed by atoms with Crippen LogP contribution in [0.3, 0.4) is 0 Å². The molecule has 0 heterocycles. The van der Waals surface area contributed by atoms with Gasteiger partial charge in [-0.3, -0.25) is 4.79 Å². The topological polar surface area (TPSA) is 26.3 Å². The number of carbonyl (C=O) groups excluding carboxylic acids is 1. The Balaban J connectivity index is 0. The van der Waals surface area contributed by atoms with Crippen LogP contribution in [0.2, 0.25) is 0 Å². The van der Waals surface area contributed by atoms with Gasteiger partial charge < -0.3 is 4.74 Å². The molecule has 0 fully saturated rings. The maximum absolute atomic E-state index is 11.5. The third-order valence-electron chi connectivity index (χ3n) is 2.41. The van der Waals surface area contributed by atoms with E-state index in [9.17, 15) is 4.79 Å². The molecular formula is C14H30O2. The number of rotatable bonds is 8. The molecule has 0 aliphatic rings. The third-order valence-corrected chi connectivity index (χ3v) is 2.41. The van der Waals surface area contributed by atoms with E-state index in [-0.39, 0.29) is 11.9 Å². The molecule has 0 spiro atoms. The minimum Gasteiger partial charge on any atom is -0.466 e. The van der Waals surface area contributed by atoms with Gasteiger partial charge in [-0.2, -0.15) is 0 Å². The fraction of sp³-hybridized carbons (Fsp3) is 0.929. The second-order valence-electron chi connectivity index (χ2n) is 3.73. The Bertz CT molecular complexity index is 144. The van der Waals surface area contributed by atoms with Gasteiger partial charge >= 0.3 is 5.97 Å². The van der Waals surface area contributed by atoms with E-state index in [1.165, 1.54) is 12.8 Å². The molecule has 0 radical (unpaired) electrons. The maximum Gasteiger partial charge on any atom is 0.308 e. The summed E-state index contributed by atoms with van der Waals surface area (Å²) in [5.41, 5.74) is 0. The molecule has 0 aliphatic heterocycles. The molecule has 2 nitrogen and oxygen atoms in total. The summed E-state index contributed by atoms with van der Waals surface area (Å²) in [6, 6.07) is 0. The maximum atomic E-state index is 11.5. The largest absolute Gasteiger partial charge is 0.466 e. The predicted octanol–water partition coefficient (Wildman–Crippen LogP) is 4.57. The van der Waals surface area contributed by atoms with Gasteiger partial charge in [0.1, 0.15) is 0 Å². The quantitative estimate of drug-likeness (QED) is 0.451. The highest BCUT2D eigenvalue weighted by atomic mass is 16.5. The Kier molecular flexibility index (Phi) is 16.1. The number of ether oxygens (including phenoxy) is 1. The van der Waals surface area contributed by atoms with Gasteiger partial charge in [0.15, 0.2) is 0 Å². The zero-order valence-corrected chi connectivity index (χ0v) is 11.8. The van der Waals surface area contributed by atoms with Crippen molar-refractivity contribution in [2.75, 3.05) is 6.61 Å². The molecule has 0 rings (SSSR count). The van der Waals surface area contributed by atoms with Gasteiger partial charge in [-0.15, -0.1) is 0 Å². The van der Waals surface area contributed by atoms with E-state index in [4.69, 9.17) is 4.74 Å². The Morgan fingerprint density at radius 2 is 1.62 bits per heavy atom. The van der Waals surface area contributed by atoms with Gasteiger partial charge in [0.2, 0.25) is 0 Å². The number of hydrogen-bond donors (Lipinski definition) is 0. The summed E-state index contributed by atoms with van der Waals surface area (Å²) < 4.78 is 5.05. The average Bonchev–Trinajstić information content (AvgIpc) is 2.31. The van der Waals surface area contributed by atoms with Crippen molar-refractivity contribution < 1.29 is 9.53 Å². The lowest BCUT2D eigenvalue weighted by Crippen LogP contribution is -2.17. The van der Waals surface area contributed by atoms with Crippen LogP contribution >= 0.6 is 0 Å². The summed E-state index contributed by atoms with van der Waals surface area (Å²) in [5.74, 6) is 0.150. The van der Waals surface area contributed by atoms with Crippen LogP contribution < -0.4 is 0 Å². The van der Waals surface area contributed by atoms with Crippen LogP contribution in [-0.2, 0) is 9.53 Å². The number of esters is 1. The highest BCUT2D eigenvalue weighted by molar-refractivity contribution is 5.72. The lowest BCUT2D eigenvalue weighted by Gasteiger charge is -2.13. The Hall–Kier alpha value is -0.530. The highest BCUT2D eigenvalue weighted by Gasteiger charge is 2.17. The first-order valence-electron chi connectivity index (χ1n) is 6.92. The van der Waals surface area contributed by atoms with Crippen LogP contribution in [0.5, 0.6) is 0 Å². The molecule has 0 amide bonds. The molecule has 1 atom stereocenters. The van der Waals surface area contributed by atoms with Crippen LogP contribution in [0.25, 0.3) is 0 Å². The van der Waals surface area contributed by atoms with Gasteiger partial charge in [-0.05, 0) is 19.8 Å². The minimum atomic E-state index is 0.00505. The molecule has 0 aromatic rings. The molecule has 2 heteroatoms. The lowest BCUT2D eigenvalue weighted by molar-refractivity contribution is -0.148.